The van der Waals surface area contributed by atoms with Crippen molar-refractivity contribution < 1.29 is 4.74 Å². The molecule has 4 rings (SSSR count). The number of hydrogen-bond acceptors (Lipinski definition) is 2. The highest BCUT2D eigenvalue weighted by atomic mass is 16.5. The second kappa shape index (κ2) is 11.5. The van der Waals surface area contributed by atoms with Crippen LogP contribution in [-0.2, 0) is 0 Å². The molecule has 1 aliphatic rings. The van der Waals surface area contributed by atoms with E-state index in [2.05, 4.69) is 121 Å². The van der Waals surface area contributed by atoms with Crippen LogP contribution in [0.3, 0.4) is 0 Å². The third-order valence-corrected chi connectivity index (χ3v) is 7.90. The van der Waals surface area contributed by atoms with Gasteiger partial charge in [-0.05, 0) is 78.7 Å². The molecule has 2 nitrogen and oxygen atoms in total. The van der Waals surface area contributed by atoms with Crippen LogP contribution >= 0.6 is 0 Å². The molecular weight excluding hydrogens is 438 g/mol. The minimum absolute atomic E-state index is 0.101. The van der Waals surface area contributed by atoms with E-state index in [4.69, 9.17) is 9.73 Å². The van der Waals surface area contributed by atoms with Gasteiger partial charge in [0.25, 0.3) is 0 Å². The number of nitrogens with zero attached hydrogens (tertiary/aromatic N) is 1. The molecule has 1 aliphatic carbocycles. The summed E-state index contributed by atoms with van der Waals surface area (Å²) in [5, 5.41) is 0. The van der Waals surface area contributed by atoms with Gasteiger partial charge < -0.3 is 4.74 Å². The van der Waals surface area contributed by atoms with Gasteiger partial charge in [-0.3, -0.25) is 4.99 Å². The summed E-state index contributed by atoms with van der Waals surface area (Å²) in [6.45, 7) is 13.7. The molecule has 0 amide bonds. The lowest BCUT2D eigenvalue weighted by atomic mass is 9.71. The summed E-state index contributed by atoms with van der Waals surface area (Å²) in [5.74, 6) is 2.15. The van der Waals surface area contributed by atoms with Crippen LogP contribution in [0.2, 0.25) is 0 Å². The molecule has 0 N–H and O–H groups in total. The molecule has 0 aliphatic heterocycles. The van der Waals surface area contributed by atoms with Gasteiger partial charge in [-0.15, -0.1) is 0 Å². The van der Waals surface area contributed by atoms with Gasteiger partial charge >= 0.3 is 0 Å². The summed E-state index contributed by atoms with van der Waals surface area (Å²) >= 11 is 0. The first kappa shape index (κ1) is 26.2. The Bertz CT molecular complexity index is 1130. The number of benzene rings is 3. The topological polar surface area (TPSA) is 21.6 Å². The molecule has 0 saturated heterocycles. The number of rotatable bonds is 7. The van der Waals surface area contributed by atoms with E-state index in [1.165, 1.54) is 42.4 Å². The van der Waals surface area contributed by atoms with E-state index in [1.807, 2.05) is 0 Å². The highest BCUT2D eigenvalue weighted by Gasteiger charge is 2.29. The second-order valence-corrected chi connectivity index (χ2v) is 11.9. The smallest absolute Gasteiger partial charge is 0.136 e. The predicted molar refractivity (Wildman–Crippen MR) is 155 cm³/mol. The number of hydrogen-bond donors (Lipinski definition) is 0. The Labute approximate surface area is 218 Å². The summed E-state index contributed by atoms with van der Waals surface area (Å²) in [5.41, 5.74) is 6.15. The molecule has 2 heteroatoms. The van der Waals surface area contributed by atoms with E-state index in [0.717, 1.165) is 22.8 Å². The molecular formula is C34H43NO. The van der Waals surface area contributed by atoms with Crippen molar-refractivity contribution in [1.29, 1.82) is 0 Å². The molecule has 0 aromatic heterocycles. The van der Waals surface area contributed by atoms with Crippen LogP contribution in [0.5, 0.6) is 5.75 Å². The van der Waals surface area contributed by atoms with Crippen LogP contribution in [0, 0.1) is 17.3 Å². The minimum Gasteiger partial charge on any atom is -0.489 e. The fraction of sp³-hybridized carbons (Fsp3) is 0.441. The molecule has 0 heterocycles. The zero-order valence-corrected chi connectivity index (χ0v) is 23.0. The fourth-order valence-corrected chi connectivity index (χ4v) is 5.11. The van der Waals surface area contributed by atoms with E-state index in [-0.39, 0.29) is 6.10 Å². The Morgan fingerprint density at radius 3 is 1.92 bits per heavy atom. The van der Waals surface area contributed by atoms with Crippen LogP contribution in [0.1, 0.15) is 72.8 Å². The van der Waals surface area contributed by atoms with Crippen LogP contribution < -0.4 is 4.74 Å². The average molecular weight is 482 g/mol. The van der Waals surface area contributed by atoms with Gasteiger partial charge in [-0.2, -0.15) is 0 Å². The molecule has 1 fully saturated rings. The third-order valence-electron chi connectivity index (χ3n) is 7.90. The first-order valence-corrected chi connectivity index (χ1v) is 13.7. The average Bonchev–Trinajstić information content (AvgIpc) is 2.88. The molecule has 190 valence electrons. The molecule has 0 bridgehead atoms. The van der Waals surface area contributed by atoms with Crippen molar-refractivity contribution in [1.82, 2.24) is 0 Å². The van der Waals surface area contributed by atoms with Gasteiger partial charge in [0, 0.05) is 23.4 Å². The lowest BCUT2D eigenvalue weighted by Crippen LogP contribution is -2.27. The van der Waals surface area contributed by atoms with Gasteiger partial charge in [0.15, 0.2) is 0 Å². The summed E-state index contributed by atoms with van der Waals surface area (Å²) in [6, 6.07) is 26.2. The van der Waals surface area contributed by atoms with Crippen molar-refractivity contribution in [2.75, 3.05) is 0 Å². The second-order valence-electron chi connectivity index (χ2n) is 11.9. The van der Waals surface area contributed by atoms with Gasteiger partial charge in [0.2, 0.25) is 0 Å². The monoisotopic (exact) mass is 481 g/mol. The summed E-state index contributed by atoms with van der Waals surface area (Å²) in [4.78, 5) is 5.15. The lowest BCUT2D eigenvalue weighted by molar-refractivity contribution is 0.170. The van der Waals surface area contributed by atoms with Crippen LogP contribution in [0.4, 0.5) is 0 Å². The van der Waals surface area contributed by atoms with Crippen molar-refractivity contribution in [3.63, 3.8) is 0 Å². The van der Waals surface area contributed by atoms with E-state index in [0.29, 0.717) is 17.4 Å². The Kier molecular flexibility index (Phi) is 8.34. The number of aliphatic imine (C=N–C) groups is 1. The zero-order chi connectivity index (χ0) is 25.7. The van der Waals surface area contributed by atoms with E-state index >= 15 is 0 Å². The highest BCUT2D eigenvalue weighted by Crippen LogP contribution is 2.40. The molecule has 1 unspecified atom stereocenters. The first-order chi connectivity index (χ1) is 17.2. The van der Waals surface area contributed by atoms with Crippen molar-refractivity contribution in [3.8, 4) is 28.0 Å². The molecule has 36 heavy (non-hydrogen) atoms. The molecule has 1 atom stereocenters. The first-order valence-electron chi connectivity index (χ1n) is 13.7. The molecule has 1 saturated carbocycles. The van der Waals surface area contributed by atoms with Gasteiger partial charge in [-0.25, -0.2) is 0 Å². The predicted octanol–water partition coefficient (Wildman–Crippen LogP) is 9.47. The summed E-state index contributed by atoms with van der Waals surface area (Å²) in [7, 11) is 0. The van der Waals surface area contributed by atoms with Crippen LogP contribution in [-0.4, -0.2) is 18.4 Å². The zero-order valence-electron chi connectivity index (χ0n) is 23.0. The van der Waals surface area contributed by atoms with E-state index < -0.39 is 0 Å². The van der Waals surface area contributed by atoms with Crippen LogP contribution in [0.15, 0.2) is 77.8 Å². The highest BCUT2D eigenvalue weighted by molar-refractivity contribution is 5.92. The third kappa shape index (κ3) is 6.46. The Balaban J connectivity index is 1.76. The summed E-state index contributed by atoms with van der Waals surface area (Å²) < 4.78 is 6.69. The fourth-order valence-electron chi connectivity index (χ4n) is 5.11. The maximum absolute atomic E-state index is 6.69. The molecule has 3 aromatic rings. The standard InChI is InChI=1S/C34H43NO/c1-24(2)25(3)36-33-29(23-35-31-19-17-30(18-20-31)34(4,5)6)21-28(26-13-9-7-10-14-26)22-32(33)27-15-11-8-12-16-27/h7-16,21-25,30-31H,17-20H2,1-6H3. The van der Waals surface area contributed by atoms with Crippen molar-refractivity contribution in [3.05, 3.63) is 78.4 Å². The number of ether oxygens (including phenoxy) is 1. The van der Waals surface area contributed by atoms with Crippen molar-refractivity contribution in [2.45, 2.75) is 79.4 Å². The van der Waals surface area contributed by atoms with E-state index in [9.17, 15) is 0 Å². The molecule has 3 aromatic carbocycles. The summed E-state index contributed by atoms with van der Waals surface area (Å²) in [6.07, 6.45) is 7.06. The Morgan fingerprint density at radius 1 is 0.778 bits per heavy atom. The maximum atomic E-state index is 6.69. The lowest BCUT2D eigenvalue weighted by Gasteiger charge is -2.35. The van der Waals surface area contributed by atoms with Gasteiger partial charge in [-0.1, -0.05) is 95.3 Å². The quantitative estimate of drug-likeness (QED) is 0.308. The molecule has 0 spiro atoms. The Morgan fingerprint density at radius 2 is 1.36 bits per heavy atom. The maximum Gasteiger partial charge on any atom is 0.136 e. The Hall–Kier alpha value is -2.87. The molecule has 0 radical (unpaired) electrons. The van der Waals surface area contributed by atoms with E-state index in [1.54, 1.807) is 0 Å². The van der Waals surface area contributed by atoms with Crippen LogP contribution in [0.25, 0.3) is 22.3 Å². The SMILES string of the molecule is CC(C)C(C)Oc1c(C=NC2CCC(C(C)(C)C)CC2)cc(-c2ccccc2)cc1-c1ccccc1. The van der Waals surface area contributed by atoms with Gasteiger partial charge in [0.1, 0.15) is 5.75 Å². The van der Waals surface area contributed by atoms with Gasteiger partial charge in [0.05, 0.1) is 6.10 Å². The normalized spacial score (nSPS) is 19.5. The van der Waals surface area contributed by atoms with Crippen molar-refractivity contribution >= 4 is 6.21 Å². The largest absolute Gasteiger partial charge is 0.489 e. The minimum atomic E-state index is 0.101. The van der Waals surface area contributed by atoms with Crippen molar-refractivity contribution in [2.24, 2.45) is 22.2 Å².